The number of benzene rings is 2. The first-order valence-corrected chi connectivity index (χ1v) is 5.44. The summed E-state index contributed by atoms with van der Waals surface area (Å²) in [4.78, 5) is 0. The van der Waals surface area contributed by atoms with E-state index in [4.69, 9.17) is 5.73 Å². The first kappa shape index (κ1) is 11.6. The maximum atomic E-state index is 13.4. The third kappa shape index (κ3) is 2.63. The molecule has 2 aromatic rings. The van der Waals surface area contributed by atoms with E-state index in [1.54, 1.807) is 42.5 Å². The molecule has 0 aliphatic carbocycles. The van der Waals surface area contributed by atoms with Crippen molar-refractivity contribution in [3.05, 3.63) is 65.5 Å². The minimum Gasteiger partial charge on any atom is -0.398 e. The van der Waals surface area contributed by atoms with Gasteiger partial charge in [0.05, 0.1) is 6.10 Å². The Hall–Kier alpha value is -1.87. The van der Waals surface area contributed by atoms with Crippen LogP contribution < -0.4 is 5.73 Å². The predicted molar refractivity (Wildman–Crippen MR) is 65.9 cm³/mol. The van der Waals surface area contributed by atoms with Gasteiger partial charge >= 0.3 is 0 Å². The number of rotatable bonds is 3. The fraction of sp³-hybridized carbons (Fsp3) is 0.143. The van der Waals surface area contributed by atoms with E-state index < -0.39 is 6.10 Å². The van der Waals surface area contributed by atoms with Crippen molar-refractivity contribution >= 4 is 5.69 Å². The van der Waals surface area contributed by atoms with Crippen molar-refractivity contribution in [3.8, 4) is 0 Å². The third-order valence-electron chi connectivity index (χ3n) is 2.73. The van der Waals surface area contributed by atoms with Crippen molar-refractivity contribution in [2.75, 3.05) is 5.73 Å². The van der Waals surface area contributed by atoms with Crippen LogP contribution in [0.25, 0.3) is 0 Å². The highest BCUT2D eigenvalue weighted by atomic mass is 19.1. The molecule has 0 aromatic heterocycles. The van der Waals surface area contributed by atoms with E-state index in [1.807, 2.05) is 0 Å². The van der Waals surface area contributed by atoms with Crippen LogP contribution in [0.4, 0.5) is 10.1 Å². The molecule has 0 aliphatic rings. The summed E-state index contributed by atoms with van der Waals surface area (Å²) < 4.78 is 13.4. The number of aliphatic hydroxyl groups excluding tert-OH is 1. The van der Waals surface area contributed by atoms with Crippen molar-refractivity contribution in [1.29, 1.82) is 0 Å². The summed E-state index contributed by atoms with van der Waals surface area (Å²) in [5.74, 6) is -0.305. The molecule has 0 bridgehead atoms. The predicted octanol–water partition coefficient (Wildman–Crippen LogP) is 2.68. The molecule has 0 fully saturated rings. The Labute approximate surface area is 99.5 Å². The number of halogens is 1. The average Bonchev–Trinajstić information content (AvgIpc) is 2.32. The van der Waals surface area contributed by atoms with Crippen LogP contribution in [0.3, 0.4) is 0 Å². The second kappa shape index (κ2) is 4.97. The molecule has 1 unspecified atom stereocenters. The zero-order chi connectivity index (χ0) is 12.3. The highest BCUT2D eigenvalue weighted by Crippen LogP contribution is 2.24. The third-order valence-corrected chi connectivity index (χ3v) is 2.73. The highest BCUT2D eigenvalue weighted by molar-refractivity contribution is 5.48. The van der Waals surface area contributed by atoms with Crippen LogP contribution >= 0.6 is 0 Å². The second-order valence-electron chi connectivity index (χ2n) is 3.94. The van der Waals surface area contributed by atoms with Crippen LogP contribution in [0, 0.1) is 5.82 Å². The zero-order valence-corrected chi connectivity index (χ0v) is 9.31. The van der Waals surface area contributed by atoms with Crippen LogP contribution in [-0.2, 0) is 6.42 Å². The lowest BCUT2D eigenvalue weighted by Crippen LogP contribution is -2.06. The minimum absolute atomic E-state index is 0.223. The summed E-state index contributed by atoms with van der Waals surface area (Å²) in [6, 6.07) is 13.5. The van der Waals surface area contributed by atoms with E-state index in [9.17, 15) is 9.50 Å². The van der Waals surface area contributed by atoms with Crippen LogP contribution in [0.15, 0.2) is 48.5 Å². The van der Waals surface area contributed by atoms with Crippen molar-refractivity contribution in [2.45, 2.75) is 12.5 Å². The molecule has 0 heterocycles. The van der Waals surface area contributed by atoms with Gasteiger partial charge < -0.3 is 10.8 Å². The topological polar surface area (TPSA) is 46.2 Å². The largest absolute Gasteiger partial charge is 0.398 e. The lowest BCUT2D eigenvalue weighted by atomic mass is 10.00. The van der Waals surface area contributed by atoms with Gasteiger partial charge in [-0.25, -0.2) is 4.39 Å². The van der Waals surface area contributed by atoms with Crippen LogP contribution in [0.1, 0.15) is 17.2 Å². The summed E-state index contributed by atoms with van der Waals surface area (Å²) in [6.07, 6.45) is -0.561. The van der Waals surface area contributed by atoms with E-state index in [1.165, 1.54) is 6.07 Å². The molecule has 2 aromatic carbocycles. The summed E-state index contributed by atoms with van der Waals surface area (Å²) in [6.45, 7) is 0. The monoisotopic (exact) mass is 231 g/mol. The Balaban J connectivity index is 2.20. The number of nitrogens with two attached hydrogens (primary N) is 1. The van der Waals surface area contributed by atoms with Gasteiger partial charge in [-0.2, -0.15) is 0 Å². The maximum Gasteiger partial charge on any atom is 0.126 e. The van der Waals surface area contributed by atoms with Gasteiger partial charge in [-0.1, -0.05) is 36.4 Å². The lowest BCUT2D eigenvalue weighted by Gasteiger charge is -2.13. The van der Waals surface area contributed by atoms with Gasteiger partial charge in [-0.3, -0.25) is 0 Å². The number of aliphatic hydroxyl groups is 1. The number of hydrogen-bond acceptors (Lipinski definition) is 2. The van der Waals surface area contributed by atoms with Gasteiger partial charge in [0.1, 0.15) is 5.82 Å². The van der Waals surface area contributed by atoms with Gasteiger partial charge in [-0.05, 0) is 17.7 Å². The Kier molecular flexibility index (Phi) is 3.40. The molecule has 2 nitrogen and oxygen atoms in total. The van der Waals surface area contributed by atoms with Crippen molar-refractivity contribution in [3.63, 3.8) is 0 Å². The van der Waals surface area contributed by atoms with E-state index >= 15 is 0 Å². The van der Waals surface area contributed by atoms with E-state index in [0.29, 0.717) is 16.8 Å². The Morgan fingerprint density at radius 3 is 2.41 bits per heavy atom. The summed E-state index contributed by atoms with van der Waals surface area (Å²) >= 11 is 0. The average molecular weight is 231 g/mol. The highest BCUT2D eigenvalue weighted by Gasteiger charge is 2.13. The molecule has 17 heavy (non-hydrogen) atoms. The first-order valence-electron chi connectivity index (χ1n) is 5.44. The van der Waals surface area contributed by atoms with Crippen LogP contribution in [0.5, 0.6) is 0 Å². The lowest BCUT2D eigenvalue weighted by molar-refractivity contribution is 0.178. The molecular weight excluding hydrogens is 217 g/mol. The fourth-order valence-electron chi connectivity index (χ4n) is 1.80. The molecule has 1 atom stereocenters. The molecular formula is C14H14FNO. The van der Waals surface area contributed by atoms with E-state index in [-0.39, 0.29) is 12.2 Å². The van der Waals surface area contributed by atoms with Gasteiger partial charge in [-0.15, -0.1) is 0 Å². The van der Waals surface area contributed by atoms with Crippen molar-refractivity contribution in [2.24, 2.45) is 0 Å². The van der Waals surface area contributed by atoms with Gasteiger partial charge in [0.25, 0.3) is 0 Å². The zero-order valence-electron chi connectivity index (χ0n) is 9.31. The van der Waals surface area contributed by atoms with Gasteiger partial charge in [0.2, 0.25) is 0 Å². The molecule has 0 spiro atoms. The quantitative estimate of drug-likeness (QED) is 0.798. The smallest absolute Gasteiger partial charge is 0.126 e. The SMILES string of the molecule is Nc1ccccc1C(O)Cc1ccccc1F. The van der Waals surface area contributed by atoms with Crippen molar-refractivity contribution in [1.82, 2.24) is 0 Å². The Morgan fingerprint density at radius 2 is 1.71 bits per heavy atom. The van der Waals surface area contributed by atoms with Crippen molar-refractivity contribution < 1.29 is 9.50 Å². The summed E-state index contributed by atoms with van der Waals surface area (Å²) in [7, 11) is 0. The van der Waals surface area contributed by atoms with Crippen LogP contribution in [0.2, 0.25) is 0 Å². The molecule has 3 heteroatoms. The molecule has 3 N–H and O–H groups in total. The number of hydrogen-bond donors (Lipinski definition) is 2. The fourth-order valence-corrected chi connectivity index (χ4v) is 1.80. The molecule has 0 saturated carbocycles. The number of para-hydroxylation sites is 1. The number of nitrogen functional groups attached to an aromatic ring is 1. The van der Waals surface area contributed by atoms with Gasteiger partial charge in [0, 0.05) is 17.7 Å². The normalized spacial score (nSPS) is 12.4. The van der Waals surface area contributed by atoms with E-state index in [2.05, 4.69) is 0 Å². The van der Waals surface area contributed by atoms with E-state index in [0.717, 1.165) is 0 Å². The molecule has 0 saturated heterocycles. The van der Waals surface area contributed by atoms with Gasteiger partial charge in [0.15, 0.2) is 0 Å². The first-order chi connectivity index (χ1) is 8.18. The van der Waals surface area contributed by atoms with Crippen LogP contribution in [-0.4, -0.2) is 5.11 Å². The molecule has 88 valence electrons. The molecule has 2 rings (SSSR count). The molecule has 0 amide bonds. The minimum atomic E-state index is -0.784. The molecule has 0 radical (unpaired) electrons. The molecule has 0 aliphatic heterocycles. The summed E-state index contributed by atoms with van der Waals surface area (Å²) in [5, 5.41) is 10.0. The number of anilines is 1. The summed E-state index contributed by atoms with van der Waals surface area (Å²) in [5.41, 5.74) is 7.41. The Morgan fingerprint density at radius 1 is 1.06 bits per heavy atom. The standard InChI is InChI=1S/C14H14FNO/c15-12-7-3-1-5-10(12)9-14(17)11-6-2-4-8-13(11)16/h1-8,14,17H,9,16H2. The second-order valence-corrected chi connectivity index (χ2v) is 3.94. The maximum absolute atomic E-state index is 13.4. The Bertz CT molecular complexity index is 513.